The first-order chi connectivity index (χ1) is 11.6. The van der Waals surface area contributed by atoms with Crippen LogP contribution in [0.1, 0.15) is 27.9 Å². The lowest BCUT2D eigenvalue weighted by atomic mass is 10.2. The van der Waals surface area contributed by atoms with E-state index in [1.807, 2.05) is 35.7 Å². The molecule has 0 radical (unpaired) electrons. The summed E-state index contributed by atoms with van der Waals surface area (Å²) >= 11 is 1.33. The largest absolute Gasteiger partial charge is 0.295 e. The predicted molar refractivity (Wildman–Crippen MR) is 95.1 cm³/mol. The van der Waals surface area contributed by atoms with Gasteiger partial charge in [0.2, 0.25) is 0 Å². The van der Waals surface area contributed by atoms with Gasteiger partial charge in [0, 0.05) is 5.69 Å². The van der Waals surface area contributed by atoms with E-state index in [0.29, 0.717) is 21.8 Å². The van der Waals surface area contributed by atoms with E-state index in [4.69, 9.17) is 0 Å². The molecule has 1 amide bonds. The summed E-state index contributed by atoms with van der Waals surface area (Å²) in [5.74, 6) is -0.291. The van der Waals surface area contributed by atoms with Crippen LogP contribution in [0, 0.1) is 6.92 Å². The fourth-order valence-electron chi connectivity index (χ4n) is 2.38. The molecular weight excluding hydrogens is 324 g/mol. The van der Waals surface area contributed by atoms with Gasteiger partial charge in [0.05, 0.1) is 21.8 Å². The van der Waals surface area contributed by atoms with Gasteiger partial charge in [-0.2, -0.15) is 5.10 Å². The monoisotopic (exact) mass is 340 g/mol. The number of para-hydroxylation sites is 1. The van der Waals surface area contributed by atoms with Crippen LogP contribution in [0.2, 0.25) is 0 Å². The van der Waals surface area contributed by atoms with E-state index < -0.39 is 0 Å². The number of thiophene rings is 1. The van der Waals surface area contributed by atoms with Crippen molar-refractivity contribution in [3.05, 3.63) is 74.3 Å². The van der Waals surface area contributed by atoms with Crippen molar-refractivity contribution in [2.75, 3.05) is 0 Å². The Hall–Kier alpha value is -2.93. The van der Waals surface area contributed by atoms with Crippen LogP contribution in [-0.4, -0.2) is 21.4 Å². The first-order valence-electron chi connectivity index (χ1n) is 7.33. The van der Waals surface area contributed by atoms with Crippen molar-refractivity contribution in [3.8, 4) is 5.69 Å². The highest BCUT2D eigenvalue weighted by atomic mass is 32.1. The average molecular weight is 340 g/mol. The summed E-state index contributed by atoms with van der Waals surface area (Å²) in [5, 5.41) is 8.93. The summed E-state index contributed by atoms with van der Waals surface area (Å²) in [6.07, 6.45) is 0. The van der Waals surface area contributed by atoms with Gasteiger partial charge in [0.15, 0.2) is 0 Å². The lowest BCUT2D eigenvalue weighted by Gasteiger charge is -2.00. The second-order valence-electron chi connectivity index (χ2n) is 5.20. The molecule has 2 aromatic heterocycles. The number of amides is 1. The molecule has 3 rings (SSSR count). The Morgan fingerprint density at radius 3 is 2.62 bits per heavy atom. The van der Waals surface area contributed by atoms with E-state index >= 15 is 0 Å². The van der Waals surface area contributed by atoms with E-state index in [1.165, 1.54) is 16.0 Å². The maximum Gasteiger partial charge on any atom is 0.281 e. The minimum Gasteiger partial charge on any atom is -0.295 e. The van der Waals surface area contributed by atoms with E-state index in [-0.39, 0.29) is 11.5 Å². The highest BCUT2D eigenvalue weighted by Gasteiger charge is 2.15. The standard InChI is InChI=1S/C17H16N4O2S/c1-11(18-19-16(22)14-9-6-10-24-14)15-12(2)20-21(17(15)23)13-7-4-3-5-8-13/h3-10,20H,1-2H3,(H,19,22). The smallest absolute Gasteiger partial charge is 0.281 e. The number of nitrogens with one attached hydrogen (secondary N) is 2. The summed E-state index contributed by atoms with van der Waals surface area (Å²) in [7, 11) is 0. The van der Waals surface area contributed by atoms with Crippen molar-refractivity contribution in [1.29, 1.82) is 0 Å². The molecule has 0 saturated carbocycles. The van der Waals surface area contributed by atoms with Gasteiger partial charge in [-0.05, 0) is 37.4 Å². The van der Waals surface area contributed by atoms with Crippen LogP contribution in [0.25, 0.3) is 5.69 Å². The molecule has 0 aliphatic carbocycles. The Labute approximate surface area is 142 Å². The highest BCUT2D eigenvalue weighted by Crippen LogP contribution is 2.09. The van der Waals surface area contributed by atoms with Crippen LogP contribution in [0.15, 0.2) is 57.7 Å². The molecule has 0 aliphatic heterocycles. The fourth-order valence-corrected chi connectivity index (χ4v) is 3.00. The molecule has 2 heterocycles. The summed E-state index contributed by atoms with van der Waals surface area (Å²) in [5.41, 5.74) is 4.62. The zero-order chi connectivity index (χ0) is 17.1. The van der Waals surface area contributed by atoms with E-state index in [2.05, 4.69) is 15.6 Å². The molecule has 0 unspecified atom stereocenters. The Morgan fingerprint density at radius 2 is 1.96 bits per heavy atom. The number of aryl methyl sites for hydroxylation is 1. The predicted octanol–water partition coefficient (Wildman–Crippen LogP) is 2.69. The van der Waals surface area contributed by atoms with Crippen LogP contribution in [0.5, 0.6) is 0 Å². The van der Waals surface area contributed by atoms with Crippen LogP contribution < -0.4 is 11.0 Å². The van der Waals surface area contributed by atoms with Gasteiger partial charge in [-0.15, -0.1) is 11.3 Å². The van der Waals surface area contributed by atoms with Gasteiger partial charge in [-0.1, -0.05) is 24.3 Å². The van der Waals surface area contributed by atoms with Crippen LogP contribution in [-0.2, 0) is 0 Å². The van der Waals surface area contributed by atoms with Gasteiger partial charge in [-0.3, -0.25) is 14.7 Å². The third-order valence-corrected chi connectivity index (χ3v) is 4.39. The molecule has 0 aliphatic rings. The number of benzene rings is 1. The normalized spacial score (nSPS) is 11.5. The number of hydrazone groups is 1. The van der Waals surface area contributed by atoms with Gasteiger partial charge in [0.1, 0.15) is 0 Å². The summed E-state index contributed by atoms with van der Waals surface area (Å²) in [6, 6.07) is 12.8. The topological polar surface area (TPSA) is 79.2 Å². The SMILES string of the molecule is CC(=NNC(=O)c1cccs1)c1c(C)[nH]n(-c2ccccc2)c1=O. The fraction of sp³-hybridized carbons (Fsp3) is 0.118. The minimum atomic E-state index is -0.291. The van der Waals surface area contributed by atoms with Crippen molar-refractivity contribution in [2.45, 2.75) is 13.8 Å². The molecule has 0 fully saturated rings. The Kier molecular flexibility index (Phi) is 4.43. The van der Waals surface area contributed by atoms with Crippen molar-refractivity contribution < 1.29 is 4.79 Å². The second-order valence-corrected chi connectivity index (χ2v) is 6.15. The van der Waals surface area contributed by atoms with Crippen molar-refractivity contribution in [1.82, 2.24) is 15.2 Å². The molecule has 3 aromatic rings. The van der Waals surface area contributed by atoms with Crippen LogP contribution in [0.4, 0.5) is 0 Å². The molecule has 2 N–H and O–H groups in total. The first-order valence-corrected chi connectivity index (χ1v) is 8.21. The van der Waals surface area contributed by atoms with Crippen molar-refractivity contribution in [3.63, 3.8) is 0 Å². The summed E-state index contributed by atoms with van der Waals surface area (Å²) < 4.78 is 1.46. The van der Waals surface area contributed by atoms with Gasteiger partial charge >= 0.3 is 0 Å². The molecule has 0 atom stereocenters. The molecule has 0 bridgehead atoms. The Morgan fingerprint density at radius 1 is 1.21 bits per heavy atom. The molecular formula is C17H16N4O2S. The maximum absolute atomic E-state index is 12.6. The summed E-state index contributed by atoms with van der Waals surface area (Å²) in [4.78, 5) is 25.2. The zero-order valence-electron chi connectivity index (χ0n) is 13.2. The molecule has 24 heavy (non-hydrogen) atoms. The third kappa shape index (κ3) is 3.07. The molecule has 1 aromatic carbocycles. The van der Waals surface area contributed by atoms with Crippen molar-refractivity contribution >= 4 is 23.0 Å². The minimum absolute atomic E-state index is 0.203. The highest BCUT2D eigenvalue weighted by molar-refractivity contribution is 7.12. The molecule has 0 saturated heterocycles. The second kappa shape index (κ2) is 6.67. The number of rotatable bonds is 4. The van der Waals surface area contributed by atoms with E-state index in [0.717, 1.165) is 5.69 Å². The van der Waals surface area contributed by atoms with Crippen LogP contribution >= 0.6 is 11.3 Å². The summed E-state index contributed by atoms with van der Waals surface area (Å²) in [6.45, 7) is 3.50. The number of carbonyl (C=O) groups excluding carboxylic acids is 1. The lowest BCUT2D eigenvalue weighted by molar-refractivity contribution is 0.0959. The third-order valence-electron chi connectivity index (χ3n) is 3.52. The Balaban J connectivity index is 1.89. The number of H-pyrrole nitrogens is 1. The molecule has 7 heteroatoms. The van der Waals surface area contributed by atoms with Gasteiger partial charge in [-0.25, -0.2) is 10.1 Å². The first kappa shape index (κ1) is 15.9. The number of nitrogens with zero attached hydrogens (tertiary/aromatic N) is 2. The number of hydrogen-bond acceptors (Lipinski definition) is 4. The Bertz CT molecular complexity index is 937. The van der Waals surface area contributed by atoms with Crippen LogP contribution in [0.3, 0.4) is 0 Å². The quantitative estimate of drug-likeness (QED) is 0.566. The number of aromatic nitrogens is 2. The molecule has 122 valence electrons. The van der Waals surface area contributed by atoms with Gasteiger partial charge in [0.25, 0.3) is 11.5 Å². The average Bonchev–Trinajstić information content (AvgIpc) is 3.22. The van der Waals surface area contributed by atoms with E-state index in [9.17, 15) is 9.59 Å². The number of aromatic amines is 1. The zero-order valence-corrected chi connectivity index (χ0v) is 14.1. The lowest BCUT2D eigenvalue weighted by Crippen LogP contribution is -2.23. The molecule has 0 spiro atoms. The van der Waals surface area contributed by atoms with Crippen molar-refractivity contribution in [2.24, 2.45) is 5.10 Å². The van der Waals surface area contributed by atoms with E-state index in [1.54, 1.807) is 26.0 Å². The maximum atomic E-state index is 12.6. The number of carbonyl (C=O) groups is 1. The van der Waals surface area contributed by atoms with Gasteiger partial charge < -0.3 is 0 Å². The molecule has 6 nitrogen and oxygen atoms in total. The number of hydrogen-bond donors (Lipinski definition) is 2.